The van der Waals surface area contributed by atoms with Gasteiger partial charge in [-0.05, 0) is 57.2 Å². The highest BCUT2D eigenvalue weighted by Crippen LogP contribution is 2.52. The van der Waals surface area contributed by atoms with Crippen LogP contribution >= 0.6 is 0 Å². The fraction of sp³-hybridized carbons (Fsp3) is 0.630. The van der Waals surface area contributed by atoms with E-state index in [0.717, 1.165) is 31.7 Å². The lowest BCUT2D eigenvalue weighted by molar-refractivity contribution is 0.134. The highest BCUT2D eigenvalue weighted by atomic mass is 16.5. The second kappa shape index (κ2) is 11.7. The van der Waals surface area contributed by atoms with Crippen LogP contribution in [0, 0.1) is 23.7 Å². The molecule has 2 aliphatic rings. The van der Waals surface area contributed by atoms with Crippen LogP contribution in [-0.4, -0.2) is 41.6 Å². The molecule has 1 aliphatic heterocycles. The van der Waals surface area contributed by atoms with Crippen molar-refractivity contribution in [3.05, 3.63) is 41.5 Å². The lowest BCUT2D eigenvalue weighted by Crippen LogP contribution is -2.19. The summed E-state index contributed by atoms with van der Waals surface area (Å²) in [6, 6.07) is 6.46. The van der Waals surface area contributed by atoms with Crippen LogP contribution in [0.3, 0.4) is 0 Å². The first-order valence-electron chi connectivity index (χ1n) is 12.0. The Labute approximate surface area is 188 Å². The third-order valence-corrected chi connectivity index (χ3v) is 6.68. The number of hydrogen-bond acceptors (Lipinski definition) is 4. The molecular weight excluding hydrogens is 386 g/mol. The van der Waals surface area contributed by atoms with E-state index in [1.54, 1.807) is 0 Å². The van der Waals surface area contributed by atoms with Gasteiger partial charge in [0.25, 0.3) is 0 Å². The van der Waals surface area contributed by atoms with E-state index in [1.807, 2.05) is 26.0 Å². The van der Waals surface area contributed by atoms with Gasteiger partial charge in [-0.1, -0.05) is 44.2 Å². The molecule has 0 radical (unpaired) electrons. The summed E-state index contributed by atoms with van der Waals surface area (Å²) >= 11 is 0. The number of aliphatic hydroxyl groups excluding tert-OH is 2. The van der Waals surface area contributed by atoms with E-state index in [-0.39, 0.29) is 23.9 Å². The Kier molecular flexibility index (Phi) is 9.02. The van der Waals surface area contributed by atoms with Crippen LogP contribution < -0.4 is 10.1 Å². The minimum atomic E-state index is -0.554. The molecule has 1 heterocycles. The molecule has 0 amide bonds. The smallest absolute Gasteiger partial charge is 0.126 e. The molecule has 1 fully saturated rings. The van der Waals surface area contributed by atoms with Crippen molar-refractivity contribution >= 4 is 0 Å². The maximum atomic E-state index is 10.7. The van der Waals surface area contributed by atoms with Crippen molar-refractivity contribution in [1.29, 1.82) is 0 Å². The van der Waals surface area contributed by atoms with Crippen LogP contribution in [0.1, 0.15) is 69.9 Å². The molecule has 1 saturated carbocycles. The number of para-hydroxylation sites is 1. The number of aliphatic hydroxyl groups is 2. The standard InChI is InChI=1S/C27H39NO3/c1-4-6-10-19(3)23(29)15-14-21-24(30)18-25-26(21)22-13-9-12-20(27(22)31-25)11-7-8-17-28-16-5-2/h9,12-15,19,21,23-26,28-30H,5,7-8,10-11,16-18H2,1-3H3/t19-,21+,23-,24-,25+,26+/m1/s1. The molecule has 3 N–H and O–H groups in total. The topological polar surface area (TPSA) is 61.7 Å². The van der Waals surface area contributed by atoms with Crippen LogP contribution in [0.4, 0.5) is 0 Å². The van der Waals surface area contributed by atoms with Gasteiger partial charge in [-0.25, -0.2) is 0 Å². The second-order valence-electron chi connectivity index (χ2n) is 9.09. The van der Waals surface area contributed by atoms with Crippen molar-refractivity contribution in [1.82, 2.24) is 5.32 Å². The molecule has 4 heteroatoms. The van der Waals surface area contributed by atoms with E-state index in [0.29, 0.717) is 12.8 Å². The average Bonchev–Trinajstić information content (AvgIpc) is 3.27. The summed E-state index contributed by atoms with van der Waals surface area (Å²) < 4.78 is 6.38. The van der Waals surface area contributed by atoms with Gasteiger partial charge in [0, 0.05) is 30.2 Å². The van der Waals surface area contributed by atoms with E-state index in [4.69, 9.17) is 4.74 Å². The zero-order valence-corrected chi connectivity index (χ0v) is 19.3. The summed E-state index contributed by atoms with van der Waals surface area (Å²) in [5.74, 6) is 7.16. The SMILES string of the molecule is CC#CC[C@@H](C)[C@H](O)C=C[C@@H]1[C@H]2c3cccc(CCCCNCCC)c3O[C@H]2C[C@H]1O. The summed E-state index contributed by atoms with van der Waals surface area (Å²) in [6.45, 7) is 8.17. The van der Waals surface area contributed by atoms with Gasteiger partial charge in [0.05, 0.1) is 12.2 Å². The van der Waals surface area contributed by atoms with Gasteiger partial charge < -0.3 is 20.3 Å². The Hall–Kier alpha value is -1.80. The van der Waals surface area contributed by atoms with E-state index >= 15 is 0 Å². The highest BCUT2D eigenvalue weighted by Gasteiger charge is 2.48. The minimum absolute atomic E-state index is 0.0209. The number of unbranched alkanes of at least 4 members (excludes halogenated alkanes) is 1. The fourth-order valence-electron chi connectivity index (χ4n) is 4.85. The Balaban J connectivity index is 1.65. The maximum Gasteiger partial charge on any atom is 0.126 e. The molecular formula is C27H39NO3. The van der Waals surface area contributed by atoms with Crippen molar-refractivity contribution < 1.29 is 14.9 Å². The van der Waals surface area contributed by atoms with Crippen molar-refractivity contribution in [3.8, 4) is 17.6 Å². The molecule has 0 aromatic heterocycles. The highest BCUT2D eigenvalue weighted by molar-refractivity contribution is 5.49. The first-order chi connectivity index (χ1) is 15.1. The second-order valence-corrected chi connectivity index (χ2v) is 9.09. The van der Waals surface area contributed by atoms with E-state index in [9.17, 15) is 10.2 Å². The predicted octanol–water partition coefficient (Wildman–Crippen LogP) is 4.20. The number of fused-ring (bicyclic) bond motifs is 3. The molecule has 4 nitrogen and oxygen atoms in total. The predicted molar refractivity (Wildman–Crippen MR) is 126 cm³/mol. The van der Waals surface area contributed by atoms with E-state index < -0.39 is 12.2 Å². The summed E-state index contributed by atoms with van der Waals surface area (Å²) in [6.07, 6.45) is 8.71. The van der Waals surface area contributed by atoms with Gasteiger partial charge in [-0.2, -0.15) is 0 Å². The summed E-state index contributed by atoms with van der Waals surface area (Å²) in [7, 11) is 0. The molecule has 1 aromatic rings. The van der Waals surface area contributed by atoms with Gasteiger partial charge in [0.15, 0.2) is 0 Å². The van der Waals surface area contributed by atoms with Crippen molar-refractivity contribution in [2.45, 2.75) is 83.5 Å². The average molecular weight is 426 g/mol. The molecule has 1 aliphatic carbocycles. The first kappa shape index (κ1) is 23.9. The lowest BCUT2D eigenvalue weighted by atomic mass is 9.86. The summed E-state index contributed by atoms with van der Waals surface area (Å²) in [4.78, 5) is 0. The van der Waals surface area contributed by atoms with Crippen LogP contribution in [0.5, 0.6) is 5.75 Å². The van der Waals surface area contributed by atoms with Gasteiger partial charge in [0.2, 0.25) is 0 Å². The molecule has 170 valence electrons. The lowest BCUT2D eigenvalue weighted by Gasteiger charge is -2.19. The Morgan fingerprint density at radius 1 is 1.29 bits per heavy atom. The molecule has 31 heavy (non-hydrogen) atoms. The Morgan fingerprint density at radius 3 is 2.90 bits per heavy atom. The van der Waals surface area contributed by atoms with Crippen molar-refractivity contribution in [2.24, 2.45) is 11.8 Å². The van der Waals surface area contributed by atoms with Crippen LogP contribution in [-0.2, 0) is 6.42 Å². The fourth-order valence-corrected chi connectivity index (χ4v) is 4.85. The van der Waals surface area contributed by atoms with Gasteiger partial charge in [0.1, 0.15) is 11.9 Å². The molecule has 1 aromatic carbocycles. The Bertz CT molecular complexity index is 793. The quantitative estimate of drug-likeness (QED) is 0.282. The number of ether oxygens (including phenoxy) is 1. The number of aryl methyl sites for hydroxylation is 1. The Morgan fingerprint density at radius 2 is 2.13 bits per heavy atom. The zero-order valence-electron chi connectivity index (χ0n) is 19.3. The van der Waals surface area contributed by atoms with Crippen LogP contribution in [0.2, 0.25) is 0 Å². The molecule has 0 saturated heterocycles. The normalized spacial score (nSPS) is 26.1. The van der Waals surface area contributed by atoms with Gasteiger partial charge >= 0.3 is 0 Å². The number of hydrogen-bond donors (Lipinski definition) is 3. The largest absolute Gasteiger partial charge is 0.489 e. The molecule has 6 atom stereocenters. The minimum Gasteiger partial charge on any atom is -0.489 e. The first-order valence-corrected chi connectivity index (χ1v) is 12.0. The molecule has 0 spiro atoms. The molecule has 0 bridgehead atoms. The van der Waals surface area contributed by atoms with E-state index in [1.165, 1.54) is 24.0 Å². The van der Waals surface area contributed by atoms with E-state index in [2.05, 4.69) is 42.3 Å². The van der Waals surface area contributed by atoms with Crippen molar-refractivity contribution in [2.75, 3.05) is 13.1 Å². The molecule has 0 unspecified atom stereocenters. The number of rotatable bonds is 11. The third-order valence-electron chi connectivity index (χ3n) is 6.68. The number of nitrogens with one attached hydrogen (secondary N) is 1. The monoisotopic (exact) mass is 425 g/mol. The maximum absolute atomic E-state index is 10.7. The van der Waals surface area contributed by atoms with Gasteiger partial charge in [-0.15, -0.1) is 11.8 Å². The van der Waals surface area contributed by atoms with Gasteiger partial charge in [-0.3, -0.25) is 0 Å². The third kappa shape index (κ3) is 5.92. The zero-order chi connectivity index (χ0) is 22.2. The number of benzene rings is 1. The summed E-state index contributed by atoms with van der Waals surface area (Å²) in [5.41, 5.74) is 2.50. The summed E-state index contributed by atoms with van der Waals surface area (Å²) in [5, 5.41) is 24.6. The van der Waals surface area contributed by atoms with Crippen LogP contribution in [0.15, 0.2) is 30.4 Å². The van der Waals surface area contributed by atoms with Crippen LogP contribution in [0.25, 0.3) is 0 Å². The molecule has 3 rings (SSSR count). The van der Waals surface area contributed by atoms with Crippen molar-refractivity contribution in [3.63, 3.8) is 0 Å².